The molecule has 16 heteroatoms. The molecule has 15 atom stereocenters. The van der Waals surface area contributed by atoms with Gasteiger partial charge in [0.25, 0.3) is 11.7 Å². The maximum Gasteiger partial charge on any atom is 0.329 e. The number of aliphatic hydroxyl groups is 2. The summed E-state index contributed by atoms with van der Waals surface area (Å²) in [6.07, 6.45) is 11.0. The summed E-state index contributed by atoms with van der Waals surface area (Å²) >= 11 is 0. The van der Waals surface area contributed by atoms with Gasteiger partial charge in [-0.3, -0.25) is 28.8 Å². The fourth-order valence-electron chi connectivity index (χ4n) is 11.3. The Bertz CT molecular complexity index is 2060. The first-order chi connectivity index (χ1) is 34.7. The number of piperidine rings is 1. The van der Waals surface area contributed by atoms with Gasteiger partial charge >= 0.3 is 17.9 Å². The van der Waals surface area contributed by atoms with Gasteiger partial charge in [-0.25, -0.2) is 4.79 Å². The number of ketones is 3. The predicted octanol–water partition coefficient (Wildman–Crippen LogP) is 7.59. The predicted molar refractivity (Wildman–Crippen MR) is 271 cm³/mol. The molecule has 5 aliphatic heterocycles. The Morgan fingerprint density at radius 3 is 2.11 bits per heavy atom. The molecule has 0 aromatic rings. The van der Waals surface area contributed by atoms with Crippen LogP contribution in [0.1, 0.15) is 158 Å². The summed E-state index contributed by atoms with van der Waals surface area (Å²) in [5, 5.41) is 23.2. The van der Waals surface area contributed by atoms with Crippen LogP contribution < -0.4 is 0 Å². The third-order valence-electron chi connectivity index (χ3n) is 15.9. The van der Waals surface area contributed by atoms with E-state index in [0.717, 1.165) is 5.57 Å². The van der Waals surface area contributed by atoms with Crippen molar-refractivity contribution in [1.82, 2.24) is 4.90 Å². The van der Waals surface area contributed by atoms with Gasteiger partial charge < -0.3 is 43.5 Å². The van der Waals surface area contributed by atoms with Crippen molar-refractivity contribution in [3.63, 3.8) is 0 Å². The molecule has 1 saturated carbocycles. The molecule has 0 radical (unpaired) electrons. The summed E-state index contributed by atoms with van der Waals surface area (Å²) in [5.74, 6) is -9.70. The van der Waals surface area contributed by atoms with E-state index < -0.39 is 108 Å². The standard InChI is InChI=1S/C57H85NO15/c1-34-18-12-10-13-19-35(2)47(68-8)32-42-25-23-40(7)57(67,73-42)54(64)55(65)58-27-17-16-20-43(58)56(66)71-48-33-44(59)36(3)29-39(6)52(53(69-9)51(63)38(5)28-34)72-50(62)22-15-11-14-21-49(61)70-46-26-24-41(30-37(48)4)31-45(46)60/h10,12-13,18-19,29,34,36-38,40-43,45-48,52-53,60,67H,11,14-17,20-28,30-33H2,1-9H3/b13-10+,18-12+,35-19+,39-29+/t34-,36-,37-,38-,40-,41+,42+,43+,45-,46+,47+,48+,52+,53-,57-/m1/s1. The molecule has 0 unspecified atom stereocenters. The molecule has 0 aromatic carbocycles. The van der Waals surface area contributed by atoms with Crippen LogP contribution in [0.5, 0.6) is 0 Å². The quantitative estimate of drug-likeness (QED) is 0.118. The molecule has 0 aromatic heterocycles. The molecule has 73 heavy (non-hydrogen) atoms. The Labute approximate surface area is 433 Å². The minimum atomic E-state index is -2.46. The minimum Gasteiger partial charge on any atom is -0.460 e. The summed E-state index contributed by atoms with van der Waals surface area (Å²) < 4.78 is 36.0. The van der Waals surface area contributed by atoms with Gasteiger partial charge in [0, 0.05) is 64.2 Å². The third kappa shape index (κ3) is 16.3. The molecular formula is C57H85NO15. The molecule has 16 nitrogen and oxygen atoms in total. The van der Waals surface area contributed by atoms with E-state index in [9.17, 15) is 43.8 Å². The van der Waals surface area contributed by atoms with Gasteiger partial charge in [-0.15, -0.1) is 0 Å². The molecule has 6 bridgehead atoms. The molecule has 6 aliphatic rings. The molecular weight excluding hydrogens is 939 g/mol. The van der Waals surface area contributed by atoms with Crippen molar-refractivity contribution in [3.05, 3.63) is 47.6 Å². The topological polar surface area (TPSA) is 219 Å². The Balaban J connectivity index is 1.55. The summed E-state index contributed by atoms with van der Waals surface area (Å²) in [7, 11) is 2.96. The van der Waals surface area contributed by atoms with Crippen molar-refractivity contribution in [3.8, 4) is 0 Å². The van der Waals surface area contributed by atoms with Crippen LogP contribution in [0.25, 0.3) is 0 Å². The van der Waals surface area contributed by atoms with Crippen LogP contribution in [0.4, 0.5) is 0 Å². The van der Waals surface area contributed by atoms with Crippen LogP contribution in [0.2, 0.25) is 0 Å². The number of amides is 1. The summed E-state index contributed by atoms with van der Waals surface area (Å²) in [4.78, 5) is 99.7. The number of carbonyl (C=O) groups excluding carboxylic acids is 7. The van der Waals surface area contributed by atoms with Crippen molar-refractivity contribution in [2.24, 2.45) is 35.5 Å². The number of ether oxygens (including phenoxy) is 6. The number of methoxy groups -OCH3 is 2. The maximum atomic E-state index is 14.6. The summed E-state index contributed by atoms with van der Waals surface area (Å²) in [6, 6.07) is -1.19. The largest absolute Gasteiger partial charge is 0.460 e. The average Bonchev–Trinajstić information content (AvgIpc) is 3.35. The van der Waals surface area contributed by atoms with E-state index >= 15 is 0 Å². The Morgan fingerprint density at radius 2 is 1.42 bits per heavy atom. The Morgan fingerprint density at radius 1 is 0.712 bits per heavy atom. The van der Waals surface area contributed by atoms with Gasteiger partial charge in [0.2, 0.25) is 5.79 Å². The second kappa shape index (κ2) is 28.0. The van der Waals surface area contributed by atoms with E-state index in [1.54, 1.807) is 34.0 Å². The highest BCUT2D eigenvalue weighted by Gasteiger charge is 2.53. The van der Waals surface area contributed by atoms with Crippen molar-refractivity contribution in [2.45, 2.75) is 212 Å². The van der Waals surface area contributed by atoms with E-state index in [1.165, 1.54) is 12.0 Å². The lowest BCUT2D eigenvalue weighted by molar-refractivity contribution is -0.265. The minimum absolute atomic E-state index is 0.00378. The van der Waals surface area contributed by atoms with Crippen LogP contribution in [0.3, 0.4) is 0 Å². The molecule has 0 spiro atoms. The zero-order chi connectivity index (χ0) is 53.6. The highest BCUT2D eigenvalue weighted by molar-refractivity contribution is 6.39. The van der Waals surface area contributed by atoms with Gasteiger partial charge in [-0.2, -0.15) is 0 Å². The average molecular weight is 1020 g/mol. The van der Waals surface area contributed by atoms with E-state index in [2.05, 4.69) is 0 Å². The van der Waals surface area contributed by atoms with E-state index in [1.807, 2.05) is 58.1 Å². The molecule has 2 N–H and O–H groups in total. The number of fused-ring (bicyclic) bond motifs is 14. The first-order valence-electron chi connectivity index (χ1n) is 27.0. The number of Topliss-reactive ketones (excluding diaryl/α,β-unsaturated/α-hetero) is 3. The summed E-state index contributed by atoms with van der Waals surface area (Å²) in [5.41, 5.74) is 1.28. The lowest BCUT2D eigenvalue weighted by Crippen LogP contribution is -2.61. The first kappa shape index (κ1) is 59.5. The van der Waals surface area contributed by atoms with Crippen LogP contribution in [-0.4, -0.2) is 132 Å². The smallest absolute Gasteiger partial charge is 0.329 e. The van der Waals surface area contributed by atoms with Gasteiger partial charge in [-0.05, 0) is 120 Å². The number of aliphatic hydroxyl groups excluding tert-OH is 1. The highest BCUT2D eigenvalue weighted by atomic mass is 16.6. The number of hydrogen-bond acceptors (Lipinski definition) is 15. The lowest BCUT2D eigenvalue weighted by atomic mass is 9.78. The first-order valence-corrected chi connectivity index (χ1v) is 27.0. The Kier molecular flexibility index (Phi) is 22.8. The van der Waals surface area contributed by atoms with Crippen LogP contribution in [-0.2, 0) is 62.0 Å². The third-order valence-corrected chi connectivity index (χ3v) is 15.9. The van der Waals surface area contributed by atoms with Crippen LogP contribution in [0.15, 0.2) is 47.6 Å². The lowest BCUT2D eigenvalue weighted by Gasteiger charge is -2.42. The van der Waals surface area contributed by atoms with Crippen LogP contribution >= 0.6 is 0 Å². The SMILES string of the molecule is CO[C@H]1C[C@@H]2CC[C@@H](C)[C@@](O)(O2)C(=O)C(=O)N2CCCC[C@H]2C(=O)O[C@H]2CC(=O)[C@H](C)/C=C(\C)[C@H](OC(=O)CCCCCC(=O)O[C@H]3CC[C@@H](C[C@H]2C)C[C@H]3O)[C@H](OC)C(=O)[C@H](C)C[C@H](C)/C=C/C=C/C=C/1C. The van der Waals surface area contributed by atoms with Gasteiger partial charge in [0.15, 0.2) is 18.0 Å². The second-order valence-corrected chi connectivity index (χ2v) is 21.9. The second-order valence-electron chi connectivity index (χ2n) is 21.9. The number of esters is 3. The van der Waals surface area contributed by atoms with Gasteiger partial charge in [0.05, 0.1) is 18.3 Å². The molecule has 6 rings (SSSR count). The fourth-order valence-corrected chi connectivity index (χ4v) is 11.3. The fraction of sp³-hybridized carbons (Fsp3) is 0.737. The molecule has 1 aliphatic carbocycles. The maximum absolute atomic E-state index is 14.6. The number of carbonyl (C=O) groups is 7. The zero-order valence-electron chi connectivity index (χ0n) is 44.9. The molecule has 408 valence electrons. The van der Waals surface area contributed by atoms with Crippen LogP contribution in [0, 0.1) is 35.5 Å². The van der Waals surface area contributed by atoms with E-state index in [-0.39, 0.29) is 55.6 Å². The zero-order valence-corrected chi connectivity index (χ0v) is 44.9. The van der Waals surface area contributed by atoms with Gasteiger partial charge in [-0.1, -0.05) is 77.5 Å². The van der Waals surface area contributed by atoms with E-state index in [0.29, 0.717) is 89.0 Å². The molecule has 2 saturated heterocycles. The number of allylic oxidation sites excluding steroid dienone is 6. The van der Waals surface area contributed by atoms with Crippen molar-refractivity contribution in [2.75, 3.05) is 20.8 Å². The highest BCUT2D eigenvalue weighted by Crippen LogP contribution is 2.38. The van der Waals surface area contributed by atoms with E-state index in [4.69, 9.17) is 28.4 Å². The monoisotopic (exact) mass is 1020 g/mol. The number of hydrogen-bond donors (Lipinski definition) is 2. The van der Waals surface area contributed by atoms with Crippen molar-refractivity contribution in [1.29, 1.82) is 0 Å². The van der Waals surface area contributed by atoms with Gasteiger partial charge in [0.1, 0.15) is 24.0 Å². The molecule has 3 fully saturated rings. The Hall–Kier alpha value is -4.35. The summed E-state index contributed by atoms with van der Waals surface area (Å²) in [6.45, 7) is 12.7. The normalized spacial score (nSPS) is 39.8. The number of nitrogens with zero attached hydrogens (tertiary/aromatic N) is 1. The van der Waals surface area contributed by atoms with Crippen molar-refractivity contribution < 1.29 is 72.2 Å². The number of rotatable bonds is 2. The molecule has 1 amide bonds. The molecule has 5 heterocycles. The van der Waals surface area contributed by atoms with Crippen molar-refractivity contribution >= 4 is 41.2 Å².